The van der Waals surface area contributed by atoms with Gasteiger partial charge in [0.25, 0.3) is 0 Å². The number of carbonyl (C=O) groups excluding carboxylic acids is 1. The third-order valence-electron chi connectivity index (χ3n) is 8.13. The van der Waals surface area contributed by atoms with E-state index in [-0.39, 0.29) is 5.91 Å². The molecule has 5 aromatic heterocycles. The summed E-state index contributed by atoms with van der Waals surface area (Å²) in [6.07, 6.45) is 13.6. The van der Waals surface area contributed by atoms with Crippen LogP contribution in [0.4, 0.5) is 0 Å². The molecule has 242 valence electrons. The van der Waals surface area contributed by atoms with Crippen molar-refractivity contribution in [3.63, 3.8) is 0 Å². The second-order valence-electron chi connectivity index (χ2n) is 11.8. The lowest BCUT2D eigenvalue weighted by atomic mass is 10.1. The number of nitriles is 1. The summed E-state index contributed by atoms with van der Waals surface area (Å²) < 4.78 is 0. The van der Waals surface area contributed by atoms with Gasteiger partial charge in [0.05, 0.1) is 6.07 Å². The largest absolute Gasteiger partial charge is 0.355 e. The van der Waals surface area contributed by atoms with Crippen LogP contribution in [-0.2, 0) is 24.1 Å². The number of nitrogens with one attached hydrogen (secondary N) is 1. The van der Waals surface area contributed by atoms with Crippen LogP contribution >= 0.6 is 56.7 Å². The van der Waals surface area contributed by atoms with Gasteiger partial charge in [0.2, 0.25) is 5.91 Å². The van der Waals surface area contributed by atoms with Gasteiger partial charge in [-0.3, -0.25) is 4.79 Å². The van der Waals surface area contributed by atoms with Crippen molar-refractivity contribution in [1.82, 2.24) is 5.32 Å². The molecule has 1 atom stereocenters. The monoisotopic (exact) mass is 704 g/mol. The minimum absolute atomic E-state index is 0.201. The Morgan fingerprint density at radius 3 is 1.80 bits per heavy atom. The number of nitrogens with zero attached hydrogens (tertiary/aromatic N) is 1. The molecule has 0 aliphatic rings. The quantitative estimate of drug-likeness (QED) is 0.0923. The predicted molar refractivity (Wildman–Crippen MR) is 205 cm³/mol. The van der Waals surface area contributed by atoms with Crippen LogP contribution in [0.2, 0.25) is 0 Å². The number of carbonyl (C=O) groups is 1. The molecule has 5 heterocycles. The summed E-state index contributed by atoms with van der Waals surface area (Å²) in [5.41, 5.74) is 1.52. The third kappa shape index (κ3) is 9.29. The summed E-state index contributed by atoms with van der Waals surface area (Å²) in [6.45, 7) is 6.75. The van der Waals surface area contributed by atoms with Crippen molar-refractivity contribution in [3.05, 3.63) is 69.9 Å². The van der Waals surface area contributed by atoms with Gasteiger partial charge >= 0.3 is 0 Å². The molecule has 46 heavy (non-hydrogen) atoms. The van der Waals surface area contributed by atoms with E-state index in [4.69, 9.17) is 5.26 Å². The molecule has 0 aliphatic carbocycles. The van der Waals surface area contributed by atoms with Crippen LogP contribution in [0.3, 0.4) is 0 Å². The first-order valence-corrected chi connectivity index (χ1v) is 20.8. The summed E-state index contributed by atoms with van der Waals surface area (Å²) >= 11 is 9.53. The van der Waals surface area contributed by atoms with E-state index in [0.717, 1.165) is 12.8 Å². The van der Waals surface area contributed by atoms with E-state index in [1.165, 1.54) is 112 Å². The molecule has 0 aliphatic heterocycles. The Morgan fingerprint density at radius 1 is 0.652 bits per heavy atom. The Kier molecular flexibility index (Phi) is 13.3. The number of hydrogen-bond acceptors (Lipinski definition) is 7. The number of hydrogen-bond donors (Lipinski definition) is 1. The fourth-order valence-corrected chi connectivity index (χ4v) is 11.1. The Labute approximate surface area is 295 Å². The molecule has 3 nitrogen and oxygen atoms in total. The molecule has 0 spiro atoms. The number of aryl methyl sites for hydroxylation is 2. The molecule has 0 fully saturated rings. The minimum Gasteiger partial charge on any atom is -0.355 e. The van der Waals surface area contributed by atoms with Crippen molar-refractivity contribution in [3.8, 4) is 45.1 Å². The van der Waals surface area contributed by atoms with Crippen LogP contribution in [0.25, 0.3) is 39.0 Å². The Bertz CT molecular complexity index is 1720. The van der Waals surface area contributed by atoms with Crippen LogP contribution in [-0.4, -0.2) is 12.5 Å². The topological polar surface area (TPSA) is 52.9 Å². The lowest BCUT2D eigenvalue weighted by Crippen LogP contribution is -2.30. The van der Waals surface area contributed by atoms with E-state index >= 15 is 0 Å². The minimum atomic E-state index is -0.611. The van der Waals surface area contributed by atoms with Crippen molar-refractivity contribution in [2.75, 3.05) is 6.54 Å². The highest BCUT2D eigenvalue weighted by molar-refractivity contribution is 7.29. The zero-order valence-corrected chi connectivity index (χ0v) is 31.2. The zero-order valence-electron chi connectivity index (χ0n) is 27.2. The lowest BCUT2D eigenvalue weighted by Gasteiger charge is -2.04. The zero-order chi connectivity index (χ0) is 32.3. The lowest BCUT2D eigenvalue weighted by molar-refractivity contribution is -0.122. The molecular weight excluding hydrogens is 661 g/mol. The average molecular weight is 705 g/mol. The van der Waals surface area contributed by atoms with E-state index in [9.17, 15) is 4.79 Å². The normalized spacial score (nSPS) is 12.0. The van der Waals surface area contributed by atoms with Gasteiger partial charge in [-0.1, -0.05) is 52.4 Å². The summed E-state index contributed by atoms with van der Waals surface area (Å²) in [7, 11) is 0. The number of amides is 1. The predicted octanol–water partition coefficient (Wildman–Crippen LogP) is 12.7. The summed E-state index contributed by atoms with van der Waals surface area (Å²) in [5.74, 6) is -0.812. The molecule has 0 aromatic carbocycles. The highest BCUT2D eigenvalue weighted by Crippen LogP contribution is 2.46. The van der Waals surface area contributed by atoms with Crippen LogP contribution in [0.5, 0.6) is 0 Å². The van der Waals surface area contributed by atoms with Gasteiger partial charge in [0.15, 0.2) is 0 Å². The van der Waals surface area contributed by atoms with Gasteiger partial charge in [-0.25, -0.2) is 0 Å². The molecule has 8 heteroatoms. The van der Waals surface area contributed by atoms with Crippen molar-refractivity contribution in [2.45, 2.75) is 91.4 Å². The second kappa shape index (κ2) is 17.6. The fraction of sp³-hybridized carbons (Fsp3) is 0.421. The first kappa shape index (κ1) is 34.8. The van der Waals surface area contributed by atoms with E-state index in [0.29, 0.717) is 6.54 Å². The van der Waals surface area contributed by atoms with E-state index in [2.05, 4.69) is 73.8 Å². The molecule has 0 unspecified atom stereocenters. The van der Waals surface area contributed by atoms with E-state index < -0.39 is 5.92 Å². The Hall–Kier alpha value is -2.54. The SMILES string of the molecule is CCCCCCc1ccc(-c2sc(-c3ccc(-c4ccc(-c5ccc(CCNC(=O)[C@@H](C)C#N)s5)s4)s3)cc2CCCCCC)s1. The van der Waals surface area contributed by atoms with Crippen LogP contribution in [0.1, 0.15) is 87.5 Å². The molecule has 0 bridgehead atoms. The standard InChI is InChI=1S/C38H44N2OS5/c1-4-6-8-10-12-27-24-36(46-37(27)35-17-15-28(43-35)13-11-9-7-5-2)34-21-20-33(45-34)32-19-18-31(44-32)30-16-14-29(42-30)22-23-40-38(41)26(3)25-39/h14-21,24,26H,4-13,22-23H2,1-3H3,(H,40,41)/t26-/m0/s1. The highest BCUT2D eigenvalue weighted by Gasteiger charge is 2.17. The maximum absolute atomic E-state index is 11.9. The molecule has 0 saturated carbocycles. The Balaban J connectivity index is 1.27. The fourth-order valence-electron chi connectivity index (χ4n) is 5.42. The van der Waals surface area contributed by atoms with Crippen LogP contribution in [0, 0.1) is 17.2 Å². The van der Waals surface area contributed by atoms with Crippen LogP contribution in [0.15, 0.2) is 54.6 Å². The highest BCUT2D eigenvalue weighted by atomic mass is 32.1. The Morgan fingerprint density at radius 2 is 1.17 bits per heavy atom. The average Bonchev–Trinajstić information content (AvgIpc) is 3.90. The van der Waals surface area contributed by atoms with Crippen molar-refractivity contribution >= 4 is 62.6 Å². The first-order valence-electron chi connectivity index (χ1n) is 16.7. The van der Waals surface area contributed by atoms with E-state index in [1.54, 1.807) is 18.3 Å². The molecule has 5 rings (SSSR count). The molecule has 0 saturated heterocycles. The number of thiophene rings is 5. The maximum Gasteiger partial charge on any atom is 0.237 e. The summed E-state index contributed by atoms with van der Waals surface area (Å²) in [4.78, 5) is 25.5. The van der Waals surface area contributed by atoms with Crippen LogP contribution < -0.4 is 5.32 Å². The van der Waals surface area contributed by atoms with Gasteiger partial charge in [-0.15, -0.1) is 56.7 Å². The molecule has 1 N–H and O–H groups in total. The number of rotatable bonds is 18. The molecular formula is C38H44N2OS5. The van der Waals surface area contributed by atoms with Gasteiger partial charge < -0.3 is 5.32 Å². The van der Waals surface area contributed by atoms with Gasteiger partial charge in [-0.05, 0) is 99.2 Å². The van der Waals surface area contributed by atoms with Gasteiger partial charge in [0, 0.05) is 55.3 Å². The summed E-state index contributed by atoms with van der Waals surface area (Å²) in [5, 5.41) is 11.8. The van der Waals surface area contributed by atoms with Crippen molar-refractivity contribution < 1.29 is 4.79 Å². The van der Waals surface area contributed by atoms with Crippen molar-refractivity contribution in [1.29, 1.82) is 5.26 Å². The molecule has 1 amide bonds. The van der Waals surface area contributed by atoms with Gasteiger partial charge in [0.1, 0.15) is 5.92 Å². The smallest absolute Gasteiger partial charge is 0.237 e. The van der Waals surface area contributed by atoms with E-state index in [1.807, 2.05) is 51.4 Å². The number of unbranched alkanes of at least 4 members (excludes halogenated alkanes) is 6. The first-order chi connectivity index (χ1) is 22.5. The second-order valence-corrected chi connectivity index (χ2v) is 17.4. The molecule has 0 radical (unpaired) electrons. The van der Waals surface area contributed by atoms with Gasteiger partial charge in [-0.2, -0.15) is 5.26 Å². The summed E-state index contributed by atoms with van der Waals surface area (Å²) in [6, 6.07) is 22.7. The molecule has 5 aromatic rings. The third-order valence-corrected chi connectivity index (χ3v) is 14.5. The maximum atomic E-state index is 11.9. The van der Waals surface area contributed by atoms with Crippen molar-refractivity contribution in [2.24, 2.45) is 5.92 Å².